The van der Waals surface area contributed by atoms with Gasteiger partial charge in [0.05, 0.1) is 17.6 Å². The zero-order valence-corrected chi connectivity index (χ0v) is 17.0. The zero-order chi connectivity index (χ0) is 21.2. The minimum Gasteiger partial charge on any atom is -0.454 e. The molecule has 3 heterocycles. The van der Waals surface area contributed by atoms with Crippen molar-refractivity contribution in [1.82, 2.24) is 25.1 Å². The van der Waals surface area contributed by atoms with Crippen LogP contribution in [-0.4, -0.2) is 38.2 Å². The van der Waals surface area contributed by atoms with Crippen molar-refractivity contribution < 1.29 is 14.3 Å². The zero-order valence-electron chi connectivity index (χ0n) is 16.2. The van der Waals surface area contributed by atoms with E-state index < -0.39 is 0 Å². The van der Waals surface area contributed by atoms with E-state index in [-0.39, 0.29) is 24.0 Å². The van der Waals surface area contributed by atoms with Crippen molar-refractivity contribution >= 4 is 28.7 Å². The fourth-order valence-corrected chi connectivity index (χ4v) is 3.85. The van der Waals surface area contributed by atoms with E-state index in [0.717, 1.165) is 23.0 Å². The summed E-state index contributed by atoms with van der Waals surface area (Å²) in [6.45, 7) is 0.570. The van der Waals surface area contributed by atoms with E-state index in [1.807, 2.05) is 48.5 Å². The summed E-state index contributed by atoms with van der Waals surface area (Å²) in [5.74, 6) is 1.30. The average Bonchev–Trinajstić information content (AvgIpc) is 3.43. The standard InChI is InChI=1S/C21H17N5O4S/c27-18(22-9-13-6-7-16-17(8-13)30-12-29-16)11-31-21-24-19-15(20(28)25-21)10-23-26(19)14-4-2-1-3-5-14/h1-8,10H,9,11-12H2,(H,22,27)(H,24,25,28). The number of nitrogens with one attached hydrogen (secondary N) is 2. The number of carbonyl (C=O) groups is 1. The molecule has 0 spiro atoms. The molecule has 9 nitrogen and oxygen atoms in total. The Morgan fingerprint density at radius 2 is 2.00 bits per heavy atom. The van der Waals surface area contributed by atoms with Gasteiger partial charge >= 0.3 is 0 Å². The first-order valence-corrected chi connectivity index (χ1v) is 10.5. The molecular weight excluding hydrogens is 418 g/mol. The predicted octanol–water partition coefficient (Wildman–Crippen LogP) is 2.25. The highest BCUT2D eigenvalue weighted by atomic mass is 32.2. The number of rotatable bonds is 6. The van der Waals surface area contributed by atoms with E-state index in [9.17, 15) is 9.59 Å². The number of carbonyl (C=O) groups excluding carboxylic acids is 1. The molecule has 1 aliphatic rings. The first-order valence-electron chi connectivity index (χ1n) is 9.49. The summed E-state index contributed by atoms with van der Waals surface area (Å²) in [5, 5.41) is 7.87. The molecule has 0 atom stereocenters. The van der Waals surface area contributed by atoms with Crippen LogP contribution >= 0.6 is 11.8 Å². The van der Waals surface area contributed by atoms with Gasteiger partial charge < -0.3 is 19.8 Å². The Hall–Kier alpha value is -3.79. The van der Waals surface area contributed by atoms with Gasteiger partial charge in [0.1, 0.15) is 5.39 Å². The monoisotopic (exact) mass is 435 g/mol. The Morgan fingerprint density at radius 1 is 1.16 bits per heavy atom. The van der Waals surface area contributed by atoms with Crippen LogP contribution in [0.4, 0.5) is 0 Å². The fraction of sp³-hybridized carbons (Fsp3) is 0.143. The summed E-state index contributed by atoms with van der Waals surface area (Å²) in [7, 11) is 0. The number of hydrogen-bond donors (Lipinski definition) is 2. The maximum absolute atomic E-state index is 12.4. The van der Waals surface area contributed by atoms with Crippen molar-refractivity contribution in [2.75, 3.05) is 12.5 Å². The Balaban J connectivity index is 1.26. The van der Waals surface area contributed by atoms with Crippen molar-refractivity contribution in [2.45, 2.75) is 11.7 Å². The largest absolute Gasteiger partial charge is 0.454 e. The maximum atomic E-state index is 12.4. The molecule has 2 aromatic heterocycles. The lowest BCUT2D eigenvalue weighted by Gasteiger charge is -2.07. The molecule has 0 fully saturated rings. The second-order valence-electron chi connectivity index (χ2n) is 6.75. The van der Waals surface area contributed by atoms with Crippen LogP contribution in [0, 0.1) is 0 Å². The molecule has 31 heavy (non-hydrogen) atoms. The quantitative estimate of drug-likeness (QED) is 0.353. The van der Waals surface area contributed by atoms with Gasteiger partial charge in [0.25, 0.3) is 5.56 Å². The van der Waals surface area contributed by atoms with Crippen LogP contribution in [0.15, 0.2) is 64.7 Å². The number of benzene rings is 2. The number of ether oxygens (including phenoxy) is 2. The summed E-state index contributed by atoms with van der Waals surface area (Å²) in [6, 6.07) is 15.0. The number of nitrogens with zero attached hydrogens (tertiary/aromatic N) is 3. The van der Waals surface area contributed by atoms with E-state index in [2.05, 4.69) is 20.4 Å². The van der Waals surface area contributed by atoms with Gasteiger partial charge in [0, 0.05) is 6.54 Å². The first kappa shape index (κ1) is 19.2. The smallest absolute Gasteiger partial charge is 0.262 e. The summed E-state index contributed by atoms with van der Waals surface area (Å²) >= 11 is 1.16. The molecule has 2 N–H and O–H groups in total. The second kappa shape index (κ2) is 8.15. The van der Waals surface area contributed by atoms with Crippen molar-refractivity contribution in [3.05, 3.63) is 70.6 Å². The minimum atomic E-state index is -0.296. The van der Waals surface area contributed by atoms with Crippen LogP contribution in [0.5, 0.6) is 11.5 Å². The number of hydrogen-bond acceptors (Lipinski definition) is 7. The van der Waals surface area contributed by atoms with Crippen LogP contribution in [0.1, 0.15) is 5.56 Å². The third-order valence-electron chi connectivity index (χ3n) is 4.68. The summed E-state index contributed by atoms with van der Waals surface area (Å²) in [5.41, 5.74) is 1.85. The van der Waals surface area contributed by atoms with Crippen molar-refractivity contribution in [1.29, 1.82) is 0 Å². The lowest BCUT2D eigenvalue weighted by atomic mass is 10.2. The summed E-state index contributed by atoms with van der Waals surface area (Å²) in [6.07, 6.45) is 1.49. The van der Waals surface area contributed by atoms with Gasteiger partial charge in [0.15, 0.2) is 22.3 Å². The molecule has 0 aliphatic carbocycles. The molecule has 0 bridgehead atoms. The molecule has 0 saturated heterocycles. The van der Waals surface area contributed by atoms with E-state index in [0.29, 0.717) is 34.2 Å². The number of amides is 1. The van der Waals surface area contributed by atoms with E-state index in [1.54, 1.807) is 4.68 Å². The molecule has 156 valence electrons. The summed E-state index contributed by atoms with van der Waals surface area (Å²) in [4.78, 5) is 31.9. The van der Waals surface area contributed by atoms with Crippen LogP contribution in [0.3, 0.4) is 0 Å². The van der Waals surface area contributed by atoms with E-state index in [4.69, 9.17) is 9.47 Å². The maximum Gasteiger partial charge on any atom is 0.262 e. The molecule has 10 heteroatoms. The molecule has 0 radical (unpaired) electrons. The van der Waals surface area contributed by atoms with E-state index in [1.165, 1.54) is 6.20 Å². The topological polar surface area (TPSA) is 111 Å². The van der Waals surface area contributed by atoms with Crippen LogP contribution in [0.2, 0.25) is 0 Å². The van der Waals surface area contributed by atoms with Gasteiger partial charge in [0.2, 0.25) is 12.7 Å². The highest BCUT2D eigenvalue weighted by molar-refractivity contribution is 7.99. The number of fused-ring (bicyclic) bond motifs is 2. The van der Waals surface area contributed by atoms with Crippen LogP contribution < -0.4 is 20.3 Å². The first-order chi connectivity index (χ1) is 15.2. The fourth-order valence-electron chi connectivity index (χ4n) is 3.16. The van der Waals surface area contributed by atoms with Crippen LogP contribution in [-0.2, 0) is 11.3 Å². The lowest BCUT2D eigenvalue weighted by Crippen LogP contribution is -2.24. The average molecular weight is 435 g/mol. The van der Waals surface area contributed by atoms with Crippen LogP contribution in [0.25, 0.3) is 16.7 Å². The molecular formula is C21H17N5O4S. The van der Waals surface area contributed by atoms with Gasteiger partial charge in [-0.05, 0) is 29.8 Å². The molecule has 1 amide bonds. The third kappa shape index (κ3) is 3.97. The Morgan fingerprint density at radius 3 is 2.87 bits per heavy atom. The Labute approximate surface area is 180 Å². The van der Waals surface area contributed by atoms with E-state index >= 15 is 0 Å². The molecule has 2 aromatic carbocycles. The van der Waals surface area contributed by atoms with Crippen molar-refractivity contribution in [2.24, 2.45) is 0 Å². The SMILES string of the molecule is O=C(CSc1nc2c(cnn2-c2ccccc2)c(=O)[nH]1)NCc1ccc2c(c1)OCO2. The molecule has 1 aliphatic heterocycles. The van der Waals surface area contributed by atoms with Crippen molar-refractivity contribution in [3.63, 3.8) is 0 Å². The molecule has 4 aromatic rings. The number of H-pyrrole nitrogens is 1. The molecule has 0 unspecified atom stereocenters. The van der Waals surface area contributed by atoms with Crippen molar-refractivity contribution in [3.8, 4) is 17.2 Å². The number of aromatic nitrogens is 4. The molecule has 0 saturated carbocycles. The highest BCUT2D eigenvalue weighted by Gasteiger charge is 2.15. The number of thioether (sulfide) groups is 1. The Kier molecular flexibility index (Phi) is 5.04. The van der Waals surface area contributed by atoms with Gasteiger partial charge in [-0.2, -0.15) is 5.10 Å². The molecule has 5 rings (SSSR count). The van der Waals surface area contributed by atoms with Gasteiger partial charge in [-0.15, -0.1) is 0 Å². The van der Waals surface area contributed by atoms with Gasteiger partial charge in [-0.25, -0.2) is 9.67 Å². The normalized spacial score (nSPS) is 12.3. The minimum absolute atomic E-state index is 0.110. The number of para-hydroxylation sites is 1. The number of aromatic amines is 1. The Bertz CT molecular complexity index is 1320. The third-order valence-corrected chi connectivity index (χ3v) is 5.56. The lowest BCUT2D eigenvalue weighted by molar-refractivity contribution is -0.118. The highest BCUT2D eigenvalue weighted by Crippen LogP contribution is 2.32. The summed E-state index contributed by atoms with van der Waals surface area (Å²) < 4.78 is 12.2. The predicted molar refractivity (Wildman–Crippen MR) is 115 cm³/mol. The van der Waals surface area contributed by atoms with Gasteiger partial charge in [-0.3, -0.25) is 9.59 Å². The van der Waals surface area contributed by atoms with Gasteiger partial charge in [-0.1, -0.05) is 36.0 Å². The second-order valence-corrected chi connectivity index (χ2v) is 7.72.